The number of anilines is 3. The van der Waals surface area contributed by atoms with Gasteiger partial charge >= 0.3 is 0 Å². The molecule has 5 nitrogen and oxygen atoms in total. The molecular weight excluding hydrogens is 999 g/mol. The van der Waals surface area contributed by atoms with Gasteiger partial charge < -0.3 is 22.9 Å². The number of furan rings is 1. The number of rotatable bonds is 6. The SMILES string of the molecule is C=C/C=c1/oc2c(N(c3ccccc3)c3cc4c5cc6ccccc6cc5n5c6cc7ccccc7cc6c(c3)c45)cccc2/c1=C/C.c1ccc(Oc2cc3c4cc5ccccc5cc4n4c5cc6ccccc6cc5c(c2)c34)cc1. The fourth-order valence-electron chi connectivity index (χ4n) is 13.5. The molecule has 0 amide bonds. The fourth-order valence-corrected chi connectivity index (χ4v) is 13.5. The van der Waals surface area contributed by atoms with Crippen molar-refractivity contribution < 1.29 is 9.15 Å². The maximum absolute atomic E-state index is 6.64. The Kier molecular flexibility index (Phi) is 10.0. The summed E-state index contributed by atoms with van der Waals surface area (Å²) in [6.45, 7) is 6.00. The Balaban J connectivity index is 0.000000138. The maximum atomic E-state index is 6.64. The Morgan fingerprint density at radius 3 is 1.21 bits per heavy atom. The van der Waals surface area contributed by atoms with Crippen LogP contribution in [0.2, 0.25) is 0 Å². The highest BCUT2D eigenvalue weighted by atomic mass is 16.5. The smallest absolute Gasteiger partial charge is 0.159 e. The number of aromatic nitrogens is 2. The molecule has 0 aliphatic rings. The van der Waals surface area contributed by atoms with Gasteiger partial charge in [-0.1, -0.05) is 164 Å². The standard InChI is InChI=1S/C45H30N2O.C32H19NO/c1-3-13-43-34(4-2)35-20-12-21-40(45(35)48-43)46(32-18-6-5-7-19-32)33-26-38-36-22-28-14-8-10-16-30(28)24-41(36)47-42-25-31-17-11-9-15-29(31)23-37(42)39(27-33)44(38)47;1-2-12-24(13-3-1)34-25-18-28-26-14-20-8-4-6-10-22(20)16-30(26)33-31-17-23-11-7-5-9-21(23)15-27(31)29(19-25)32(28)33/h3-27H,1H2,2H3;1-19H/b34-4-,43-13+;. The van der Waals surface area contributed by atoms with Gasteiger partial charge in [0.15, 0.2) is 5.58 Å². The van der Waals surface area contributed by atoms with Crippen LogP contribution in [0.4, 0.5) is 17.1 Å². The molecule has 82 heavy (non-hydrogen) atoms. The van der Waals surface area contributed by atoms with Crippen molar-refractivity contribution in [2.75, 3.05) is 4.90 Å². The molecule has 18 aromatic rings. The molecule has 0 unspecified atom stereocenters. The topological polar surface area (TPSA) is 34.4 Å². The Labute approximate surface area is 470 Å². The molecule has 5 heterocycles. The minimum atomic E-state index is 0.813. The minimum Gasteiger partial charge on any atom is -0.457 e. The normalized spacial score (nSPS) is 12.6. The van der Waals surface area contributed by atoms with Crippen molar-refractivity contribution in [1.82, 2.24) is 8.80 Å². The first kappa shape index (κ1) is 46.1. The second-order valence-corrected chi connectivity index (χ2v) is 21.6. The molecule has 0 atom stereocenters. The van der Waals surface area contributed by atoms with Gasteiger partial charge in [0.25, 0.3) is 0 Å². The monoisotopic (exact) mass is 1050 g/mol. The summed E-state index contributed by atoms with van der Waals surface area (Å²) < 4.78 is 17.9. The van der Waals surface area contributed by atoms with E-state index in [-0.39, 0.29) is 0 Å². The zero-order valence-corrected chi connectivity index (χ0v) is 44.8. The highest BCUT2D eigenvalue weighted by Crippen LogP contribution is 2.48. The summed E-state index contributed by atoms with van der Waals surface area (Å²) in [5, 5.41) is 22.1. The molecule has 0 aliphatic heterocycles. The van der Waals surface area contributed by atoms with Gasteiger partial charge in [-0.25, -0.2) is 0 Å². The highest BCUT2D eigenvalue weighted by molar-refractivity contribution is 6.28. The van der Waals surface area contributed by atoms with Crippen LogP contribution in [-0.4, -0.2) is 8.80 Å². The number of nitrogens with zero attached hydrogens (tertiary/aromatic N) is 3. The van der Waals surface area contributed by atoms with Crippen LogP contribution < -0.4 is 20.3 Å². The van der Waals surface area contributed by atoms with E-state index in [1.807, 2.05) is 36.4 Å². The van der Waals surface area contributed by atoms with Crippen LogP contribution >= 0.6 is 0 Å². The molecule has 5 aromatic heterocycles. The number of benzene rings is 13. The van der Waals surface area contributed by atoms with E-state index in [0.29, 0.717) is 0 Å². The average Bonchev–Trinajstić information content (AvgIpc) is 3.37. The molecule has 0 saturated carbocycles. The Morgan fingerprint density at radius 2 is 0.780 bits per heavy atom. The summed E-state index contributed by atoms with van der Waals surface area (Å²) in [5.74, 6) is 1.71. The van der Waals surface area contributed by atoms with E-state index in [9.17, 15) is 0 Å². The van der Waals surface area contributed by atoms with E-state index < -0.39 is 0 Å². The molecular formula is C77H49N3O2. The van der Waals surface area contributed by atoms with Crippen molar-refractivity contribution in [2.24, 2.45) is 0 Å². The van der Waals surface area contributed by atoms with Crippen LogP contribution in [0.1, 0.15) is 6.92 Å². The van der Waals surface area contributed by atoms with Crippen LogP contribution in [0.25, 0.3) is 142 Å². The molecule has 0 saturated heterocycles. The van der Waals surface area contributed by atoms with Gasteiger partial charge in [-0.05, 0) is 159 Å². The van der Waals surface area contributed by atoms with E-state index in [2.05, 4.69) is 252 Å². The second kappa shape index (κ2) is 17.8. The van der Waals surface area contributed by atoms with E-state index in [1.54, 1.807) is 6.08 Å². The Hall–Kier alpha value is -10.9. The van der Waals surface area contributed by atoms with Gasteiger partial charge in [-0.15, -0.1) is 0 Å². The number of fused-ring (bicyclic) bond motifs is 17. The quantitative estimate of drug-likeness (QED) is 0.166. The maximum Gasteiger partial charge on any atom is 0.159 e. The first-order valence-corrected chi connectivity index (χ1v) is 28.0. The van der Waals surface area contributed by atoms with E-state index in [0.717, 1.165) is 50.2 Å². The summed E-state index contributed by atoms with van der Waals surface area (Å²) in [4.78, 5) is 2.35. The third kappa shape index (κ3) is 6.87. The first-order valence-electron chi connectivity index (χ1n) is 28.0. The third-order valence-corrected chi connectivity index (χ3v) is 17.0. The predicted octanol–water partition coefficient (Wildman–Crippen LogP) is 20.1. The Morgan fingerprint density at radius 1 is 0.378 bits per heavy atom. The minimum absolute atomic E-state index is 0.813. The summed E-state index contributed by atoms with van der Waals surface area (Å²) in [7, 11) is 0. The van der Waals surface area contributed by atoms with Crippen LogP contribution in [0, 0.1) is 0 Å². The summed E-state index contributed by atoms with van der Waals surface area (Å²) >= 11 is 0. The second-order valence-electron chi connectivity index (χ2n) is 21.6. The van der Waals surface area contributed by atoms with Gasteiger partial charge in [0.2, 0.25) is 0 Å². The van der Waals surface area contributed by atoms with Crippen molar-refractivity contribution in [3.05, 3.63) is 272 Å². The average molecular weight is 1050 g/mol. The summed E-state index contributed by atoms with van der Waals surface area (Å²) in [6.07, 6.45) is 5.85. The molecule has 0 aliphatic carbocycles. The largest absolute Gasteiger partial charge is 0.457 e. The Bertz CT molecular complexity index is 5530. The summed E-state index contributed by atoms with van der Waals surface area (Å²) in [6, 6.07) is 89.5. The lowest BCUT2D eigenvalue weighted by molar-refractivity contribution is 0.484. The third-order valence-electron chi connectivity index (χ3n) is 17.0. The number of para-hydroxylation sites is 3. The van der Waals surface area contributed by atoms with Gasteiger partial charge in [-0.3, -0.25) is 0 Å². The van der Waals surface area contributed by atoms with Crippen molar-refractivity contribution in [3.8, 4) is 11.5 Å². The fraction of sp³-hybridized carbons (Fsp3) is 0.0130. The highest BCUT2D eigenvalue weighted by Gasteiger charge is 2.25. The van der Waals surface area contributed by atoms with Crippen LogP contribution in [0.3, 0.4) is 0 Å². The van der Waals surface area contributed by atoms with E-state index in [1.165, 1.54) is 119 Å². The van der Waals surface area contributed by atoms with Crippen LogP contribution in [-0.2, 0) is 0 Å². The number of hydrogen-bond acceptors (Lipinski definition) is 3. The van der Waals surface area contributed by atoms with Crippen molar-refractivity contribution in [1.29, 1.82) is 0 Å². The molecule has 5 heteroatoms. The first-order chi connectivity index (χ1) is 40.5. The van der Waals surface area contributed by atoms with E-state index in [4.69, 9.17) is 9.15 Å². The van der Waals surface area contributed by atoms with Gasteiger partial charge in [0.05, 0.1) is 38.8 Å². The van der Waals surface area contributed by atoms with E-state index >= 15 is 0 Å². The lowest BCUT2D eigenvalue weighted by atomic mass is 10.0. The van der Waals surface area contributed by atoms with Crippen LogP contribution in [0.15, 0.2) is 266 Å². The number of allylic oxidation sites excluding steroid dienone is 1. The van der Waals surface area contributed by atoms with Gasteiger partial charge in [-0.2, -0.15) is 0 Å². The number of ether oxygens (including phenoxy) is 1. The van der Waals surface area contributed by atoms with Crippen molar-refractivity contribution in [3.63, 3.8) is 0 Å². The zero-order chi connectivity index (χ0) is 54.2. The number of hydrogen-bond donors (Lipinski definition) is 0. The van der Waals surface area contributed by atoms with Crippen molar-refractivity contribution in [2.45, 2.75) is 6.92 Å². The molecule has 0 N–H and O–H groups in total. The lowest BCUT2D eigenvalue weighted by Gasteiger charge is -2.26. The molecule has 0 spiro atoms. The zero-order valence-electron chi connectivity index (χ0n) is 44.8. The van der Waals surface area contributed by atoms with Gasteiger partial charge in [0.1, 0.15) is 16.9 Å². The summed E-state index contributed by atoms with van der Waals surface area (Å²) in [5.41, 5.74) is 12.2. The van der Waals surface area contributed by atoms with Crippen molar-refractivity contribution >= 4 is 159 Å². The lowest BCUT2D eigenvalue weighted by Crippen LogP contribution is -2.18. The molecule has 13 aromatic carbocycles. The van der Waals surface area contributed by atoms with Crippen LogP contribution in [0.5, 0.6) is 11.5 Å². The molecule has 0 fully saturated rings. The van der Waals surface area contributed by atoms with Gasteiger partial charge in [0, 0.05) is 65.1 Å². The molecule has 384 valence electrons. The molecule has 18 rings (SSSR count). The molecule has 0 bridgehead atoms. The predicted molar refractivity (Wildman–Crippen MR) is 347 cm³/mol. The molecule has 0 radical (unpaired) electrons.